The SMILES string of the molecule is CC(NCc1ccco1)C(=O)N(C)C. The van der Waals surface area contributed by atoms with Gasteiger partial charge >= 0.3 is 0 Å². The molecule has 1 aromatic rings. The highest BCUT2D eigenvalue weighted by Crippen LogP contribution is 1.99. The van der Waals surface area contributed by atoms with Gasteiger partial charge in [-0.3, -0.25) is 10.1 Å². The fourth-order valence-corrected chi connectivity index (χ4v) is 1.14. The van der Waals surface area contributed by atoms with E-state index in [-0.39, 0.29) is 11.9 Å². The van der Waals surface area contributed by atoms with Crippen molar-refractivity contribution in [3.8, 4) is 0 Å². The number of furan rings is 1. The zero-order valence-corrected chi connectivity index (χ0v) is 8.78. The predicted molar refractivity (Wildman–Crippen MR) is 53.7 cm³/mol. The Kier molecular flexibility index (Phi) is 3.71. The van der Waals surface area contributed by atoms with Crippen LogP contribution in [0.3, 0.4) is 0 Å². The molecule has 4 heteroatoms. The van der Waals surface area contributed by atoms with Crippen LogP contribution in [-0.4, -0.2) is 30.9 Å². The van der Waals surface area contributed by atoms with Crippen molar-refractivity contribution in [2.45, 2.75) is 19.5 Å². The van der Waals surface area contributed by atoms with Gasteiger partial charge in [-0.2, -0.15) is 0 Å². The Morgan fingerprint density at radius 3 is 2.86 bits per heavy atom. The minimum atomic E-state index is -0.185. The second-order valence-corrected chi connectivity index (χ2v) is 3.41. The minimum Gasteiger partial charge on any atom is -0.468 e. The van der Waals surface area contributed by atoms with E-state index in [1.807, 2.05) is 19.1 Å². The van der Waals surface area contributed by atoms with E-state index in [2.05, 4.69) is 5.32 Å². The normalized spacial score (nSPS) is 12.5. The van der Waals surface area contributed by atoms with Gasteiger partial charge in [0, 0.05) is 14.1 Å². The van der Waals surface area contributed by atoms with Gasteiger partial charge in [0.1, 0.15) is 5.76 Å². The van der Waals surface area contributed by atoms with Crippen LogP contribution in [0.25, 0.3) is 0 Å². The second kappa shape index (κ2) is 4.81. The van der Waals surface area contributed by atoms with Gasteiger partial charge in [0.25, 0.3) is 0 Å². The predicted octanol–water partition coefficient (Wildman–Crippen LogP) is 0.846. The average molecular weight is 196 g/mol. The Balaban J connectivity index is 2.35. The molecule has 0 aliphatic heterocycles. The topological polar surface area (TPSA) is 45.5 Å². The van der Waals surface area contributed by atoms with Crippen molar-refractivity contribution in [1.29, 1.82) is 0 Å². The molecule has 1 unspecified atom stereocenters. The van der Waals surface area contributed by atoms with E-state index in [1.54, 1.807) is 25.3 Å². The van der Waals surface area contributed by atoms with E-state index in [4.69, 9.17) is 4.42 Å². The van der Waals surface area contributed by atoms with Crippen molar-refractivity contribution < 1.29 is 9.21 Å². The third-order valence-corrected chi connectivity index (χ3v) is 1.97. The standard InChI is InChI=1S/C10H16N2O2/c1-8(10(13)12(2)3)11-7-9-5-4-6-14-9/h4-6,8,11H,7H2,1-3H3. The molecule has 0 bridgehead atoms. The molecule has 0 saturated carbocycles. The summed E-state index contributed by atoms with van der Waals surface area (Å²) in [6.45, 7) is 2.42. The first-order chi connectivity index (χ1) is 6.61. The van der Waals surface area contributed by atoms with Gasteiger partial charge in [-0.25, -0.2) is 0 Å². The van der Waals surface area contributed by atoms with Crippen molar-refractivity contribution in [2.75, 3.05) is 14.1 Å². The molecular weight excluding hydrogens is 180 g/mol. The maximum Gasteiger partial charge on any atom is 0.238 e. The molecule has 0 fully saturated rings. The number of rotatable bonds is 4. The summed E-state index contributed by atoms with van der Waals surface area (Å²) in [6, 6.07) is 3.52. The summed E-state index contributed by atoms with van der Waals surface area (Å²) >= 11 is 0. The van der Waals surface area contributed by atoms with Gasteiger partial charge in [-0.15, -0.1) is 0 Å². The lowest BCUT2D eigenvalue weighted by Crippen LogP contribution is -2.41. The van der Waals surface area contributed by atoms with E-state index in [9.17, 15) is 4.79 Å². The third kappa shape index (κ3) is 2.88. The fraction of sp³-hybridized carbons (Fsp3) is 0.500. The van der Waals surface area contributed by atoms with Crippen LogP contribution in [0, 0.1) is 0 Å². The quantitative estimate of drug-likeness (QED) is 0.776. The highest BCUT2D eigenvalue weighted by Gasteiger charge is 2.13. The number of nitrogens with one attached hydrogen (secondary N) is 1. The Bertz CT molecular complexity index is 280. The Morgan fingerprint density at radius 1 is 1.64 bits per heavy atom. The van der Waals surface area contributed by atoms with Gasteiger partial charge in [0.05, 0.1) is 18.8 Å². The molecule has 0 radical (unpaired) electrons. The molecule has 4 nitrogen and oxygen atoms in total. The van der Waals surface area contributed by atoms with E-state index in [1.165, 1.54) is 0 Å². The van der Waals surface area contributed by atoms with Crippen molar-refractivity contribution in [2.24, 2.45) is 0 Å². The lowest BCUT2D eigenvalue weighted by atomic mass is 10.3. The Morgan fingerprint density at radius 2 is 2.36 bits per heavy atom. The second-order valence-electron chi connectivity index (χ2n) is 3.41. The molecule has 0 aliphatic carbocycles. The average Bonchev–Trinajstić information content (AvgIpc) is 2.65. The summed E-state index contributed by atoms with van der Waals surface area (Å²) in [5.74, 6) is 0.903. The summed E-state index contributed by atoms with van der Waals surface area (Å²) < 4.78 is 5.14. The van der Waals surface area contributed by atoms with E-state index in [0.717, 1.165) is 5.76 Å². The lowest BCUT2D eigenvalue weighted by molar-refractivity contribution is -0.130. The van der Waals surface area contributed by atoms with Crippen LogP contribution in [-0.2, 0) is 11.3 Å². The highest BCUT2D eigenvalue weighted by atomic mass is 16.3. The van der Waals surface area contributed by atoms with Crippen molar-refractivity contribution in [1.82, 2.24) is 10.2 Å². The maximum absolute atomic E-state index is 11.4. The van der Waals surface area contributed by atoms with Crippen LogP contribution in [0.2, 0.25) is 0 Å². The summed E-state index contributed by atoms with van der Waals surface area (Å²) in [5, 5.41) is 3.08. The van der Waals surface area contributed by atoms with Crippen LogP contribution in [0.4, 0.5) is 0 Å². The molecule has 78 valence electrons. The molecule has 1 heterocycles. The molecular formula is C10H16N2O2. The van der Waals surface area contributed by atoms with Gasteiger partial charge < -0.3 is 9.32 Å². The van der Waals surface area contributed by atoms with Crippen LogP contribution >= 0.6 is 0 Å². The van der Waals surface area contributed by atoms with Gasteiger partial charge in [0.2, 0.25) is 5.91 Å². The van der Waals surface area contributed by atoms with E-state index < -0.39 is 0 Å². The lowest BCUT2D eigenvalue weighted by Gasteiger charge is -2.17. The number of amides is 1. The van der Waals surface area contributed by atoms with Crippen LogP contribution < -0.4 is 5.32 Å². The van der Waals surface area contributed by atoms with Crippen molar-refractivity contribution >= 4 is 5.91 Å². The zero-order chi connectivity index (χ0) is 10.6. The summed E-state index contributed by atoms with van der Waals surface area (Å²) in [6.07, 6.45) is 1.62. The molecule has 1 N–H and O–H groups in total. The Labute approximate surface area is 83.9 Å². The van der Waals surface area contributed by atoms with Crippen molar-refractivity contribution in [3.05, 3.63) is 24.2 Å². The molecule has 0 saturated heterocycles. The molecule has 0 aliphatic rings. The first kappa shape index (κ1) is 10.8. The number of nitrogens with zero attached hydrogens (tertiary/aromatic N) is 1. The first-order valence-electron chi connectivity index (χ1n) is 4.58. The Hall–Kier alpha value is -1.29. The van der Waals surface area contributed by atoms with Crippen LogP contribution in [0.1, 0.15) is 12.7 Å². The first-order valence-corrected chi connectivity index (χ1v) is 4.58. The largest absolute Gasteiger partial charge is 0.468 e. The van der Waals surface area contributed by atoms with Gasteiger partial charge in [0.15, 0.2) is 0 Å². The molecule has 14 heavy (non-hydrogen) atoms. The highest BCUT2D eigenvalue weighted by molar-refractivity contribution is 5.80. The molecule has 0 spiro atoms. The zero-order valence-electron chi connectivity index (χ0n) is 8.78. The number of hydrogen-bond donors (Lipinski definition) is 1. The number of carbonyl (C=O) groups excluding carboxylic acids is 1. The molecule has 0 aromatic carbocycles. The van der Waals surface area contributed by atoms with E-state index in [0.29, 0.717) is 6.54 Å². The van der Waals surface area contributed by atoms with Crippen LogP contribution in [0.15, 0.2) is 22.8 Å². The van der Waals surface area contributed by atoms with Crippen LogP contribution in [0.5, 0.6) is 0 Å². The maximum atomic E-state index is 11.4. The molecule has 1 rings (SSSR count). The number of carbonyl (C=O) groups is 1. The molecule has 1 amide bonds. The summed E-state index contributed by atoms with van der Waals surface area (Å²) in [7, 11) is 3.49. The number of likely N-dealkylation sites (N-methyl/N-ethyl adjacent to an activating group) is 1. The fourth-order valence-electron chi connectivity index (χ4n) is 1.14. The third-order valence-electron chi connectivity index (χ3n) is 1.97. The summed E-state index contributed by atoms with van der Waals surface area (Å²) in [4.78, 5) is 13.0. The van der Waals surface area contributed by atoms with Gasteiger partial charge in [-0.05, 0) is 19.1 Å². The van der Waals surface area contributed by atoms with Gasteiger partial charge in [-0.1, -0.05) is 0 Å². The molecule has 1 atom stereocenters. The monoisotopic (exact) mass is 196 g/mol. The molecule has 1 aromatic heterocycles. The smallest absolute Gasteiger partial charge is 0.238 e. The van der Waals surface area contributed by atoms with E-state index >= 15 is 0 Å². The summed E-state index contributed by atoms with van der Waals surface area (Å²) in [5.41, 5.74) is 0. The minimum absolute atomic E-state index is 0.0663. The number of hydrogen-bond acceptors (Lipinski definition) is 3. The van der Waals surface area contributed by atoms with Crippen molar-refractivity contribution in [3.63, 3.8) is 0 Å².